The van der Waals surface area contributed by atoms with Crippen LogP contribution in [-0.2, 0) is 10.0 Å². The molecule has 0 aliphatic carbocycles. The third-order valence-electron chi connectivity index (χ3n) is 2.50. The molecule has 8 heteroatoms. The molecule has 2 N–H and O–H groups in total. The van der Waals surface area contributed by atoms with Crippen LogP contribution in [0.5, 0.6) is 0 Å². The highest BCUT2D eigenvalue weighted by Gasteiger charge is 2.26. The van der Waals surface area contributed by atoms with Gasteiger partial charge in [-0.15, -0.1) is 0 Å². The lowest BCUT2D eigenvalue weighted by atomic mass is 10.2. The first-order chi connectivity index (χ1) is 8.84. The van der Waals surface area contributed by atoms with Crippen molar-refractivity contribution in [2.45, 2.75) is 11.8 Å². The van der Waals surface area contributed by atoms with Crippen molar-refractivity contribution in [1.82, 2.24) is 4.31 Å². The van der Waals surface area contributed by atoms with Gasteiger partial charge in [0.2, 0.25) is 10.0 Å². The van der Waals surface area contributed by atoms with Crippen molar-refractivity contribution < 1.29 is 27.8 Å². The maximum Gasteiger partial charge on any atom is 0.335 e. The number of halogens is 1. The smallest absolute Gasteiger partial charge is 0.335 e. The van der Waals surface area contributed by atoms with E-state index in [9.17, 15) is 17.6 Å². The molecule has 0 heterocycles. The van der Waals surface area contributed by atoms with E-state index in [1.54, 1.807) is 6.92 Å². The number of hydrogen-bond donors (Lipinski definition) is 2. The van der Waals surface area contributed by atoms with Gasteiger partial charge < -0.3 is 10.2 Å². The van der Waals surface area contributed by atoms with Crippen molar-refractivity contribution >= 4 is 16.0 Å². The zero-order valence-electron chi connectivity index (χ0n) is 10.2. The van der Waals surface area contributed by atoms with E-state index in [4.69, 9.17) is 10.2 Å². The van der Waals surface area contributed by atoms with Gasteiger partial charge in [-0.05, 0) is 18.2 Å². The molecule has 0 aliphatic rings. The lowest BCUT2D eigenvalue weighted by Gasteiger charge is -2.19. The van der Waals surface area contributed by atoms with Gasteiger partial charge in [-0.1, -0.05) is 6.92 Å². The summed E-state index contributed by atoms with van der Waals surface area (Å²) in [6.45, 7) is 1.08. The van der Waals surface area contributed by atoms with Crippen molar-refractivity contribution in [3.63, 3.8) is 0 Å². The second-order valence-corrected chi connectivity index (χ2v) is 5.58. The first-order valence-corrected chi connectivity index (χ1v) is 6.92. The molecule has 1 rings (SSSR count). The van der Waals surface area contributed by atoms with Crippen LogP contribution in [0.15, 0.2) is 23.1 Å². The fourth-order valence-corrected chi connectivity index (χ4v) is 3.03. The van der Waals surface area contributed by atoms with Gasteiger partial charge in [0.15, 0.2) is 0 Å². The van der Waals surface area contributed by atoms with Gasteiger partial charge in [0, 0.05) is 13.1 Å². The summed E-state index contributed by atoms with van der Waals surface area (Å²) >= 11 is 0. The average molecular weight is 291 g/mol. The van der Waals surface area contributed by atoms with Crippen LogP contribution < -0.4 is 0 Å². The number of aromatic carboxylic acids is 1. The predicted octanol–water partition coefficient (Wildman–Crippen LogP) is 0.527. The number of sulfonamides is 1. The van der Waals surface area contributed by atoms with E-state index in [0.29, 0.717) is 6.07 Å². The van der Waals surface area contributed by atoms with Crippen molar-refractivity contribution in [2.75, 3.05) is 19.7 Å². The number of aliphatic hydroxyl groups is 1. The SMILES string of the molecule is CCN(CCO)S(=O)(=O)c1ccc(C(=O)O)cc1F. The molecule has 1 aromatic rings. The van der Waals surface area contributed by atoms with E-state index in [0.717, 1.165) is 16.4 Å². The molecule has 106 valence electrons. The number of aliphatic hydroxyl groups excluding tert-OH is 1. The predicted molar refractivity (Wildman–Crippen MR) is 64.9 cm³/mol. The summed E-state index contributed by atoms with van der Waals surface area (Å²) in [5.41, 5.74) is -0.332. The molecule has 0 saturated heterocycles. The summed E-state index contributed by atoms with van der Waals surface area (Å²) in [5, 5.41) is 17.5. The second kappa shape index (κ2) is 6.09. The Morgan fingerprint density at radius 1 is 1.42 bits per heavy atom. The highest BCUT2D eigenvalue weighted by atomic mass is 32.2. The van der Waals surface area contributed by atoms with E-state index in [1.807, 2.05) is 0 Å². The van der Waals surface area contributed by atoms with Gasteiger partial charge >= 0.3 is 5.97 Å². The largest absolute Gasteiger partial charge is 0.478 e. The quantitative estimate of drug-likeness (QED) is 0.797. The lowest BCUT2D eigenvalue weighted by Crippen LogP contribution is -2.34. The third-order valence-corrected chi connectivity index (χ3v) is 4.51. The summed E-state index contributed by atoms with van der Waals surface area (Å²) < 4.78 is 38.8. The number of nitrogens with zero attached hydrogens (tertiary/aromatic N) is 1. The standard InChI is InChI=1S/C11H14FNO5S/c1-2-13(5-6-14)19(17,18)10-4-3-8(11(15)16)7-9(10)12/h3-4,7,14H,2,5-6H2,1H3,(H,15,16). The highest BCUT2D eigenvalue weighted by Crippen LogP contribution is 2.20. The lowest BCUT2D eigenvalue weighted by molar-refractivity contribution is 0.0696. The number of carboxylic acids is 1. The fraction of sp³-hybridized carbons (Fsp3) is 0.364. The van der Waals surface area contributed by atoms with Crippen molar-refractivity contribution in [1.29, 1.82) is 0 Å². The van der Waals surface area contributed by atoms with E-state index >= 15 is 0 Å². The number of hydrogen-bond acceptors (Lipinski definition) is 4. The Morgan fingerprint density at radius 2 is 2.05 bits per heavy atom. The Balaban J connectivity index is 3.25. The molecule has 0 aromatic heterocycles. The molecule has 0 unspecified atom stereocenters. The van der Waals surface area contributed by atoms with Crippen LogP contribution in [-0.4, -0.2) is 48.6 Å². The van der Waals surface area contributed by atoms with Crippen LogP contribution in [0.3, 0.4) is 0 Å². The van der Waals surface area contributed by atoms with Crippen molar-refractivity contribution in [3.8, 4) is 0 Å². The molecule has 0 radical (unpaired) electrons. The Kier molecular flexibility index (Phi) is 4.98. The monoisotopic (exact) mass is 291 g/mol. The van der Waals surface area contributed by atoms with Crippen LogP contribution >= 0.6 is 0 Å². The normalized spacial score (nSPS) is 11.8. The van der Waals surface area contributed by atoms with E-state index in [1.165, 1.54) is 0 Å². The average Bonchev–Trinajstić information content (AvgIpc) is 2.35. The molecule has 0 aliphatic heterocycles. The minimum Gasteiger partial charge on any atom is -0.478 e. The number of benzene rings is 1. The highest BCUT2D eigenvalue weighted by molar-refractivity contribution is 7.89. The van der Waals surface area contributed by atoms with Crippen LogP contribution in [0, 0.1) is 5.82 Å². The molecule has 0 saturated carbocycles. The molecule has 0 fully saturated rings. The molecular weight excluding hydrogens is 277 g/mol. The zero-order chi connectivity index (χ0) is 14.6. The summed E-state index contributed by atoms with van der Waals surface area (Å²) in [6.07, 6.45) is 0. The fourth-order valence-electron chi connectivity index (χ4n) is 1.54. The molecule has 0 bridgehead atoms. The van der Waals surface area contributed by atoms with Crippen molar-refractivity contribution in [3.05, 3.63) is 29.6 Å². The van der Waals surface area contributed by atoms with Crippen LogP contribution in [0.25, 0.3) is 0 Å². The number of rotatable bonds is 6. The number of carbonyl (C=O) groups is 1. The van der Waals surface area contributed by atoms with Crippen LogP contribution in [0.1, 0.15) is 17.3 Å². The van der Waals surface area contributed by atoms with Gasteiger partial charge in [-0.3, -0.25) is 0 Å². The summed E-state index contributed by atoms with van der Waals surface area (Å²) in [5.74, 6) is -2.47. The Morgan fingerprint density at radius 3 is 2.47 bits per heavy atom. The van der Waals surface area contributed by atoms with Gasteiger partial charge in [0.05, 0.1) is 12.2 Å². The minimum atomic E-state index is -4.08. The summed E-state index contributed by atoms with van der Waals surface area (Å²) in [4.78, 5) is 10.0. The first kappa shape index (κ1) is 15.5. The summed E-state index contributed by atoms with van der Waals surface area (Å²) in [6, 6.07) is 2.58. The number of carboxylic acid groups (broad SMARTS) is 1. The van der Waals surface area contributed by atoms with Gasteiger partial charge in [-0.2, -0.15) is 4.31 Å². The molecule has 0 spiro atoms. The molecular formula is C11H14FNO5S. The Labute approximate surface area is 110 Å². The van der Waals surface area contributed by atoms with Crippen molar-refractivity contribution in [2.24, 2.45) is 0 Å². The summed E-state index contributed by atoms with van der Waals surface area (Å²) in [7, 11) is -4.08. The van der Waals surface area contributed by atoms with Crippen LogP contribution in [0.4, 0.5) is 4.39 Å². The third kappa shape index (κ3) is 3.28. The zero-order valence-corrected chi connectivity index (χ0v) is 11.0. The number of likely N-dealkylation sites (N-methyl/N-ethyl adjacent to an activating group) is 1. The maximum absolute atomic E-state index is 13.7. The van der Waals surface area contributed by atoms with E-state index in [-0.39, 0.29) is 25.3 Å². The Hall–Kier alpha value is -1.51. The van der Waals surface area contributed by atoms with E-state index < -0.39 is 26.7 Å². The maximum atomic E-state index is 13.7. The molecule has 6 nitrogen and oxygen atoms in total. The minimum absolute atomic E-state index is 0.0724. The van der Waals surface area contributed by atoms with Gasteiger partial charge in [0.25, 0.3) is 0 Å². The van der Waals surface area contributed by atoms with E-state index in [2.05, 4.69) is 0 Å². The molecule has 0 atom stereocenters. The topological polar surface area (TPSA) is 94.9 Å². The molecule has 19 heavy (non-hydrogen) atoms. The Bertz CT molecular complexity index is 572. The second-order valence-electron chi connectivity index (χ2n) is 3.67. The van der Waals surface area contributed by atoms with Crippen LogP contribution in [0.2, 0.25) is 0 Å². The van der Waals surface area contributed by atoms with Gasteiger partial charge in [-0.25, -0.2) is 17.6 Å². The molecule has 0 amide bonds. The van der Waals surface area contributed by atoms with Gasteiger partial charge in [0.1, 0.15) is 10.7 Å². The molecule has 1 aromatic carbocycles. The first-order valence-electron chi connectivity index (χ1n) is 5.48.